The number of thiophene rings is 1. The van der Waals surface area contributed by atoms with Crippen molar-refractivity contribution in [2.75, 3.05) is 7.11 Å². The number of halogens is 1. The Labute approximate surface area is 190 Å². The van der Waals surface area contributed by atoms with Gasteiger partial charge in [0.05, 0.1) is 12.0 Å². The third-order valence-corrected chi connectivity index (χ3v) is 7.57. The number of para-hydroxylation sites is 1. The summed E-state index contributed by atoms with van der Waals surface area (Å²) < 4.78 is 48.1. The molecule has 0 unspecified atom stereocenters. The molecule has 4 rings (SSSR count). The highest BCUT2D eigenvalue weighted by atomic mass is 32.2. The zero-order valence-corrected chi connectivity index (χ0v) is 19.4. The first kappa shape index (κ1) is 22.0. The Morgan fingerprint density at radius 2 is 1.97 bits per heavy atom. The maximum absolute atomic E-state index is 14.6. The van der Waals surface area contributed by atoms with Gasteiger partial charge >= 0.3 is 0 Å². The van der Waals surface area contributed by atoms with Crippen LogP contribution in [0.2, 0.25) is 0 Å². The van der Waals surface area contributed by atoms with Crippen LogP contribution in [0.3, 0.4) is 0 Å². The summed E-state index contributed by atoms with van der Waals surface area (Å²) in [6.07, 6.45) is 7.81. The van der Waals surface area contributed by atoms with E-state index in [-0.39, 0.29) is 16.3 Å². The molecule has 3 aromatic heterocycles. The Morgan fingerprint density at radius 3 is 2.62 bits per heavy atom. The lowest BCUT2D eigenvalue weighted by Gasteiger charge is -2.10. The minimum absolute atomic E-state index is 0.0452. The molecule has 0 bridgehead atoms. The molecule has 164 valence electrons. The first-order valence-corrected chi connectivity index (χ1v) is 12.2. The van der Waals surface area contributed by atoms with E-state index in [1.54, 1.807) is 38.3 Å². The van der Waals surface area contributed by atoms with E-state index in [0.29, 0.717) is 16.5 Å². The van der Waals surface area contributed by atoms with Crippen LogP contribution in [-0.2, 0) is 10.0 Å². The molecule has 0 atom stereocenters. The van der Waals surface area contributed by atoms with E-state index in [1.807, 2.05) is 22.9 Å². The number of hydrogen-bond acceptors (Lipinski definition) is 5. The molecule has 0 N–H and O–H groups in total. The van der Waals surface area contributed by atoms with Crippen LogP contribution in [0.1, 0.15) is 13.8 Å². The molecule has 0 saturated carbocycles. The molecule has 0 radical (unpaired) electrons. The predicted octanol–water partition coefficient (Wildman–Crippen LogP) is 6.24. The van der Waals surface area contributed by atoms with Crippen LogP contribution in [0.25, 0.3) is 33.3 Å². The summed E-state index contributed by atoms with van der Waals surface area (Å²) in [6.45, 7) is 3.42. The highest BCUT2D eigenvalue weighted by Crippen LogP contribution is 2.42. The van der Waals surface area contributed by atoms with Crippen molar-refractivity contribution in [3.05, 3.63) is 82.4 Å². The largest absolute Gasteiger partial charge is 0.493 e. The lowest BCUT2D eigenvalue weighted by Crippen LogP contribution is -2.13. The summed E-state index contributed by atoms with van der Waals surface area (Å²) in [6, 6.07) is 8.37. The molecule has 0 spiro atoms. The normalized spacial score (nSPS) is 12.7. The molecule has 3 heterocycles. The monoisotopic (exact) mass is 468 g/mol. The molecule has 0 saturated heterocycles. The van der Waals surface area contributed by atoms with Crippen molar-refractivity contribution in [2.24, 2.45) is 0 Å². The number of ether oxygens (including phenoxy) is 1. The van der Waals surface area contributed by atoms with Gasteiger partial charge in [-0.05, 0) is 60.0 Å². The zero-order chi connectivity index (χ0) is 22.9. The second-order valence-electron chi connectivity index (χ2n) is 6.92. The van der Waals surface area contributed by atoms with Gasteiger partial charge in [0.1, 0.15) is 0 Å². The Morgan fingerprint density at radius 1 is 1.16 bits per heavy atom. The third-order valence-electron chi connectivity index (χ3n) is 5.12. The molecule has 32 heavy (non-hydrogen) atoms. The predicted molar refractivity (Wildman–Crippen MR) is 128 cm³/mol. The van der Waals surface area contributed by atoms with Gasteiger partial charge in [-0.25, -0.2) is 21.8 Å². The summed E-state index contributed by atoms with van der Waals surface area (Å²) in [5, 5.41) is 4.53. The molecule has 0 aliphatic carbocycles. The Hall–Kier alpha value is -3.23. The standard InChI is InChI=1S/C24H21FN2O3S2/c1-4-7-17(5-2)32(28,29)27-14-20(19-8-6-9-21(25)23(19)30-3)22-18(10-12-26-24(22)27)16-11-13-31-15-16/h4-15H,1-3H3/b7-4-,17-5+. The first-order chi connectivity index (χ1) is 15.4. The number of aromatic nitrogens is 2. The van der Waals surface area contributed by atoms with E-state index in [4.69, 9.17) is 4.74 Å². The summed E-state index contributed by atoms with van der Waals surface area (Å²) in [5.74, 6) is -0.485. The van der Waals surface area contributed by atoms with Crippen molar-refractivity contribution in [1.29, 1.82) is 0 Å². The molecule has 4 aromatic rings. The molecule has 0 amide bonds. The van der Waals surface area contributed by atoms with Gasteiger partial charge < -0.3 is 4.74 Å². The minimum atomic E-state index is -3.95. The number of nitrogens with zero attached hydrogens (tertiary/aromatic N) is 2. The van der Waals surface area contributed by atoms with Crippen LogP contribution in [0.15, 0.2) is 76.6 Å². The zero-order valence-electron chi connectivity index (χ0n) is 17.7. The van der Waals surface area contributed by atoms with E-state index in [0.717, 1.165) is 15.1 Å². The van der Waals surface area contributed by atoms with E-state index >= 15 is 0 Å². The molecule has 0 fully saturated rings. The maximum atomic E-state index is 14.6. The molecular formula is C24H21FN2O3S2. The van der Waals surface area contributed by atoms with Gasteiger partial charge in [-0.15, -0.1) is 0 Å². The van der Waals surface area contributed by atoms with Gasteiger partial charge in [-0.2, -0.15) is 11.3 Å². The van der Waals surface area contributed by atoms with Crippen LogP contribution in [-0.4, -0.2) is 24.5 Å². The SMILES string of the molecule is C/C=C\C(=C/C)S(=O)(=O)n1cc(-c2cccc(F)c2OC)c2c(-c3ccsc3)ccnc21. The summed E-state index contributed by atoms with van der Waals surface area (Å²) >= 11 is 1.53. The Balaban J connectivity index is 2.15. The highest BCUT2D eigenvalue weighted by Gasteiger charge is 2.26. The van der Waals surface area contributed by atoms with Crippen molar-refractivity contribution in [1.82, 2.24) is 8.96 Å². The van der Waals surface area contributed by atoms with Crippen molar-refractivity contribution in [2.45, 2.75) is 13.8 Å². The molecular weight excluding hydrogens is 447 g/mol. The average Bonchev–Trinajstić information content (AvgIpc) is 3.45. The summed E-state index contributed by atoms with van der Waals surface area (Å²) in [4.78, 5) is 4.56. The lowest BCUT2D eigenvalue weighted by atomic mass is 9.99. The van der Waals surface area contributed by atoms with Crippen molar-refractivity contribution >= 4 is 32.4 Å². The third kappa shape index (κ3) is 3.55. The molecule has 5 nitrogen and oxygen atoms in total. The number of methoxy groups -OCH3 is 1. The van der Waals surface area contributed by atoms with E-state index < -0.39 is 15.8 Å². The number of hydrogen-bond donors (Lipinski definition) is 0. The number of pyridine rings is 1. The maximum Gasteiger partial charge on any atom is 0.269 e. The van der Waals surface area contributed by atoms with Crippen molar-refractivity contribution < 1.29 is 17.5 Å². The summed E-state index contributed by atoms with van der Waals surface area (Å²) in [7, 11) is -2.56. The molecule has 0 aliphatic rings. The van der Waals surface area contributed by atoms with Gasteiger partial charge in [-0.3, -0.25) is 0 Å². The number of allylic oxidation sites excluding steroid dienone is 3. The van der Waals surface area contributed by atoms with Crippen molar-refractivity contribution in [3.63, 3.8) is 0 Å². The van der Waals surface area contributed by atoms with Gasteiger partial charge in [0.25, 0.3) is 10.0 Å². The number of benzene rings is 1. The van der Waals surface area contributed by atoms with Crippen LogP contribution in [0.5, 0.6) is 5.75 Å². The van der Waals surface area contributed by atoms with Crippen molar-refractivity contribution in [3.8, 4) is 28.0 Å². The lowest BCUT2D eigenvalue weighted by molar-refractivity contribution is 0.388. The second-order valence-corrected chi connectivity index (χ2v) is 9.52. The fourth-order valence-corrected chi connectivity index (χ4v) is 5.81. The highest BCUT2D eigenvalue weighted by molar-refractivity contribution is 7.94. The molecule has 0 aliphatic heterocycles. The van der Waals surface area contributed by atoms with Gasteiger partial charge in [0, 0.05) is 28.9 Å². The quantitative estimate of drug-likeness (QED) is 0.314. The number of fused-ring (bicyclic) bond motifs is 1. The Kier molecular flexibility index (Phi) is 5.99. The van der Waals surface area contributed by atoms with Gasteiger partial charge in [0.2, 0.25) is 0 Å². The second kappa shape index (κ2) is 8.72. The Bertz CT molecular complexity index is 1450. The molecule has 1 aromatic carbocycles. The topological polar surface area (TPSA) is 61.2 Å². The smallest absolute Gasteiger partial charge is 0.269 e. The molecule has 8 heteroatoms. The summed E-state index contributed by atoms with van der Waals surface area (Å²) in [5.41, 5.74) is 2.96. The van der Waals surface area contributed by atoms with E-state index in [1.165, 1.54) is 42.9 Å². The fraction of sp³-hybridized carbons (Fsp3) is 0.125. The van der Waals surface area contributed by atoms with Crippen LogP contribution in [0.4, 0.5) is 4.39 Å². The van der Waals surface area contributed by atoms with Crippen LogP contribution in [0, 0.1) is 5.82 Å². The van der Waals surface area contributed by atoms with E-state index in [9.17, 15) is 12.8 Å². The minimum Gasteiger partial charge on any atom is -0.493 e. The van der Waals surface area contributed by atoms with Gasteiger partial charge in [-0.1, -0.05) is 24.3 Å². The van der Waals surface area contributed by atoms with Crippen LogP contribution < -0.4 is 4.74 Å². The first-order valence-electron chi connectivity index (χ1n) is 9.84. The fourth-order valence-electron chi connectivity index (χ4n) is 3.71. The van der Waals surface area contributed by atoms with Crippen LogP contribution >= 0.6 is 11.3 Å². The average molecular weight is 469 g/mol. The van der Waals surface area contributed by atoms with Gasteiger partial charge in [0.15, 0.2) is 17.2 Å². The number of rotatable bonds is 6. The van der Waals surface area contributed by atoms with E-state index in [2.05, 4.69) is 4.98 Å².